The molecule has 3 fully saturated rings. The van der Waals surface area contributed by atoms with Crippen LogP contribution >= 0.6 is 0 Å². The minimum Gasteiger partial charge on any atom is -0.481 e. The van der Waals surface area contributed by atoms with Gasteiger partial charge in [-0.25, -0.2) is 4.79 Å². The molecule has 4 aliphatic rings. The van der Waals surface area contributed by atoms with E-state index in [1.807, 2.05) is 38.1 Å². The van der Waals surface area contributed by atoms with E-state index < -0.39 is 24.0 Å². The lowest BCUT2D eigenvalue weighted by Gasteiger charge is -2.35. The van der Waals surface area contributed by atoms with Crippen molar-refractivity contribution in [2.45, 2.75) is 44.7 Å². The number of fused-ring (bicyclic) bond motifs is 4. The molecule has 2 aromatic rings. The Hall–Kier alpha value is -3.35. The number of ether oxygens (including phenoxy) is 1. The number of carboxylic acid groups (broad SMARTS) is 1. The van der Waals surface area contributed by atoms with Gasteiger partial charge in [-0.15, -0.1) is 0 Å². The predicted octanol–water partition coefficient (Wildman–Crippen LogP) is 3.87. The maximum absolute atomic E-state index is 13.3. The highest BCUT2D eigenvalue weighted by Gasteiger charge is 2.58. The summed E-state index contributed by atoms with van der Waals surface area (Å²) in [6.45, 7) is 4.51. The summed E-state index contributed by atoms with van der Waals surface area (Å²) < 4.78 is 5.66. The summed E-state index contributed by atoms with van der Waals surface area (Å²) in [5, 5.41) is 12.2. The fourth-order valence-electron chi connectivity index (χ4n) is 5.87. The van der Waals surface area contributed by atoms with E-state index in [2.05, 4.69) is 29.6 Å². The molecule has 7 nitrogen and oxygen atoms in total. The lowest BCUT2D eigenvalue weighted by molar-refractivity contribution is -0.148. The summed E-state index contributed by atoms with van der Waals surface area (Å²) >= 11 is 0. The average molecular weight is 463 g/mol. The lowest BCUT2D eigenvalue weighted by atomic mass is 9.74. The summed E-state index contributed by atoms with van der Waals surface area (Å²) in [5.74, 6) is -1.69. The van der Waals surface area contributed by atoms with Gasteiger partial charge in [0.2, 0.25) is 5.91 Å². The van der Waals surface area contributed by atoms with Crippen molar-refractivity contribution in [1.29, 1.82) is 0 Å². The molecule has 4 unspecified atom stereocenters. The van der Waals surface area contributed by atoms with Crippen molar-refractivity contribution >= 4 is 18.0 Å². The van der Waals surface area contributed by atoms with Gasteiger partial charge in [0.15, 0.2) is 0 Å². The number of hydrogen-bond donors (Lipinski definition) is 2. The largest absolute Gasteiger partial charge is 0.481 e. The maximum Gasteiger partial charge on any atom is 0.407 e. The van der Waals surface area contributed by atoms with Crippen LogP contribution in [-0.2, 0) is 14.3 Å². The van der Waals surface area contributed by atoms with Crippen LogP contribution in [0.2, 0.25) is 0 Å². The first-order chi connectivity index (χ1) is 16.4. The van der Waals surface area contributed by atoms with E-state index in [0.717, 1.165) is 28.7 Å². The number of nitrogens with one attached hydrogen (secondary N) is 1. The molecule has 1 saturated carbocycles. The molecule has 0 spiro atoms. The van der Waals surface area contributed by atoms with Crippen LogP contribution in [0, 0.1) is 17.8 Å². The van der Waals surface area contributed by atoms with Gasteiger partial charge in [0.05, 0.1) is 5.92 Å². The molecule has 178 valence electrons. The third kappa shape index (κ3) is 3.63. The summed E-state index contributed by atoms with van der Waals surface area (Å²) in [6, 6.07) is 15.3. The number of benzene rings is 2. The number of rotatable bonds is 7. The number of carbonyl (C=O) groups is 3. The zero-order valence-electron chi connectivity index (χ0n) is 19.4. The van der Waals surface area contributed by atoms with E-state index in [9.17, 15) is 19.5 Å². The normalized spacial score (nSPS) is 23.9. The van der Waals surface area contributed by atoms with Gasteiger partial charge in [0, 0.05) is 18.5 Å². The topological polar surface area (TPSA) is 95.9 Å². The van der Waals surface area contributed by atoms with Crippen molar-refractivity contribution in [3.8, 4) is 11.1 Å². The first kappa shape index (κ1) is 22.4. The van der Waals surface area contributed by atoms with Gasteiger partial charge >= 0.3 is 12.1 Å². The maximum atomic E-state index is 13.3. The molecule has 2 amide bonds. The number of aliphatic carboxylic acids is 1. The minimum absolute atomic E-state index is 0.0125. The van der Waals surface area contributed by atoms with Crippen molar-refractivity contribution in [2.75, 3.05) is 13.2 Å². The Morgan fingerprint density at radius 2 is 1.71 bits per heavy atom. The molecule has 2 saturated heterocycles. The highest BCUT2D eigenvalue weighted by molar-refractivity contribution is 5.88. The first-order valence-electron chi connectivity index (χ1n) is 12.1. The molecule has 6 rings (SSSR count). The standard InChI is InChI=1S/C27H30N2O5/c1-3-15(2)24(25(30)29-13-16-12-22(29)23(16)26(31)32)28-27(33)34-14-21-19-10-6-4-8-17(19)18-9-5-7-11-20(18)21/h4-11,15-16,21-24H,3,12-14H2,1-2H3,(H,28,33)(H,31,32)/t15?,16?,22?,23?,24-/m0/s1. The predicted molar refractivity (Wildman–Crippen MR) is 126 cm³/mol. The second kappa shape index (κ2) is 8.78. The molecule has 34 heavy (non-hydrogen) atoms. The fourth-order valence-corrected chi connectivity index (χ4v) is 5.87. The molecule has 0 radical (unpaired) electrons. The van der Waals surface area contributed by atoms with Crippen LogP contribution in [0.1, 0.15) is 43.7 Å². The summed E-state index contributed by atoms with van der Waals surface area (Å²) in [6.07, 6.45) is 0.799. The molecule has 2 N–H and O–H groups in total. The summed E-state index contributed by atoms with van der Waals surface area (Å²) in [7, 11) is 0. The van der Waals surface area contributed by atoms with Gasteiger partial charge in [0.25, 0.3) is 0 Å². The number of carbonyl (C=O) groups excluding carboxylic acids is 2. The van der Waals surface area contributed by atoms with Crippen LogP contribution in [0.15, 0.2) is 48.5 Å². The highest BCUT2D eigenvalue weighted by atomic mass is 16.5. The van der Waals surface area contributed by atoms with E-state index in [4.69, 9.17) is 4.74 Å². The van der Waals surface area contributed by atoms with Crippen molar-refractivity contribution in [2.24, 2.45) is 17.8 Å². The van der Waals surface area contributed by atoms with Gasteiger partial charge < -0.3 is 20.1 Å². The van der Waals surface area contributed by atoms with E-state index in [1.165, 1.54) is 0 Å². The lowest BCUT2D eigenvalue weighted by Crippen LogP contribution is -2.54. The van der Waals surface area contributed by atoms with E-state index >= 15 is 0 Å². The zero-order chi connectivity index (χ0) is 24.0. The number of hydrogen-bond acceptors (Lipinski definition) is 4. The number of alkyl carbamates (subject to hydrolysis) is 1. The van der Waals surface area contributed by atoms with Crippen LogP contribution in [0.25, 0.3) is 11.1 Å². The smallest absolute Gasteiger partial charge is 0.407 e. The molecule has 5 atom stereocenters. The Balaban J connectivity index is 1.26. The Bertz CT molecular complexity index is 1090. The average Bonchev–Trinajstić information content (AvgIpc) is 3.51. The molecule has 2 aliphatic carbocycles. The van der Waals surface area contributed by atoms with Crippen LogP contribution in [0.3, 0.4) is 0 Å². The highest BCUT2D eigenvalue weighted by Crippen LogP contribution is 2.47. The molecular weight excluding hydrogens is 432 g/mol. The van der Waals surface area contributed by atoms with Gasteiger partial charge in [-0.3, -0.25) is 9.59 Å². The molecule has 2 bridgehead atoms. The minimum atomic E-state index is -0.846. The van der Waals surface area contributed by atoms with Gasteiger partial charge in [-0.2, -0.15) is 0 Å². The number of amides is 2. The van der Waals surface area contributed by atoms with Crippen molar-refractivity contribution in [3.05, 3.63) is 59.7 Å². The van der Waals surface area contributed by atoms with Gasteiger partial charge in [-0.05, 0) is 40.5 Å². The van der Waals surface area contributed by atoms with Crippen LogP contribution in [0.4, 0.5) is 4.79 Å². The Kier molecular flexibility index (Phi) is 5.80. The molecule has 7 heteroatoms. The Labute approximate surface area is 199 Å². The SMILES string of the molecule is CCC(C)[C@H](NC(=O)OCC1c2ccccc2-c2ccccc21)C(=O)N1CC2CC1C2C(=O)O. The molecule has 2 aliphatic heterocycles. The van der Waals surface area contributed by atoms with E-state index in [1.54, 1.807) is 4.90 Å². The molecule has 2 aromatic carbocycles. The van der Waals surface area contributed by atoms with Crippen molar-refractivity contribution in [3.63, 3.8) is 0 Å². The number of nitrogens with zero attached hydrogens (tertiary/aromatic N) is 1. The van der Waals surface area contributed by atoms with E-state index in [-0.39, 0.29) is 36.3 Å². The molecule has 0 aromatic heterocycles. The Morgan fingerprint density at radius 1 is 1.09 bits per heavy atom. The zero-order valence-corrected chi connectivity index (χ0v) is 19.4. The van der Waals surface area contributed by atoms with E-state index in [0.29, 0.717) is 13.0 Å². The van der Waals surface area contributed by atoms with Crippen LogP contribution < -0.4 is 5.32 Å². The molecule has 2 heterocycles. The second-order valence-corrected chi connectivity index (χ2v) is 9.75. The van der Waals surface area contributed by atoms with Crippen LogP contribution in [0.5, 0.6) is 0 Å². The third-order valence-electron chi connectivity index (χ3n) is 7.96. The van der Waals surface area contributed by atoms with Gasteiger partial charge in [0.1, 0.15) is 12.6 Å². The fraction of sp³-hybridized carbons (Fsp3) is 0.444. The monoisotopic (exact) mass is 462 g/mol. The summed E-state index contributed by atoms with van der Waals surface area (Å²) in [4.78, 5) is 39.3. The van der Waals surface area contributed by atoms with Crippen LogP contribution in [-0.4, -0.2) is 53.2 Å². The molecular formula is C27H30N2O5. The van der Waals surface area contributed by atoms with Crippen molar-refractivity contribution < 1.29 is 24.2 Å². The third-order valence-corrected chi connectivity index (χ3v) is 7.96. The number of carboxylic acids is 1. The quantitative estimate of drug-likeness (QED) is 0.651. The first-order valence-corrected chi connectivity index (χ1v) is 12.1. The van der Waals surface area contributed by atoms with Gasteiger partial charge in [-0.1, -0.05) is 68.8 Å². The second-order valence-electron chi connectivity index (χ2n) is 9.75. The van der Waals surface area contributed by atoms with Crippen molar-refractivity contribution in [1.82, 2.24) is 10.2 Å². The Morgan fingerprint density at radius 3 is 2.26 bits per heavy atom. The summed E-state index contributed by atoms with van der Waals surface area (Å²) in [5.41, 5.74) is 4.56.